The molecule has 3 N–H and O–H groups in total. The number of aromatic nitrogens is 1. The number of carbonyl (C=O) groups excluding carboxylic acids is 1. The Hall–Kier alpha value is -1.88. The molecule has 4 nitrogen and oxygen atoms in total. The highest BCUT2D eigenvalue weighted by Gasteiger charge is 2.24. The lowest BCUT2D eigenvalue weighted by Gasteiger charge is -2.22. The van der Waals surface area contributed by atoms with Gasteiger partial charge >= 0.3 is 0 Å². The van der Waals surface area contributed by atoms with Gasteiger partial charge in [-0.3, -0.25) is 4.79 Å². The van der Waals surface area contributed by atoms with Crippen molar-refractivity contribution in [1.29, 1.82) is 0 Å². The summed E-state index contributed by atoms with van der Waals surface area (Å²) in [5.41, 5.74) is 8.04. The van der Waals surface area contributed by atoms with E-state index in [2.05, 4.69) is 10.3 Å². The van der Waals surface area contributed by atoms with Crippen molar-refractivity contribution >= 4 is 22.4 Å². The van der Waals surface area contributed by atoms with Gasteiger partial charge in [-0.15, -0.1) is 11.3 Å². The van der Waals surface area contributed by atoms with Crippen LogP contribution in [-0.4, -0.2) is 10.9 Å². The van der Waals surface area contributed by atoms with Crippen LogP contribution in [0.5, 0.6) is 0 Å². The van der Waals surface area contributed by atoms with Gasteiger partial charge in [0.15, 0.2) is 5.13 Å². The number of anilines is 1. The van der Waals surface area contributed by atoms with E-state index in [1.54, 1.807) is 11.3 Å². The normalized spacial score (nSPS) is 18.5. The molecule has 0 radical (unpaired) electrons. The molecule has 1 amide bonds. The maximum atomic E-state index is 12.3. The van der Waals surface area contributed by atoms with Crippen LogP contribution in [0.15, 0.2) is 30.3 Å². The Balaban J connectivity index is 1.54. The van der Waals surface area contributed by atoms with Gasteiger partial charge in [-0.2, -0.15) is 0 Å². The summed E-state index contributed by atoms with van der Waals surface area (Å²) in [5.74, 6) is 0.526. The SMILES string of the molecule is C[C@H](NC(=O)C[C@H]1CCc2nc(N)sc2C1)c1ccccc1. The molecule has 0 saturated heterocycles. The van der Waals surface area contributed by atoms with Gasteiger partial charge in [-0.25, -0.2) is 4.98 Å². The van der Waals surface area contributed by atoms with E-state index in [9.17, 15) is 4.79 Å². The summed E-state index contributed by atoms with van der Waals surface area (Å²) in [6.07, 6.45) is 3.46. The molecule has 2 aromatic rings. The van der Waals surface area contributed by atoms with Gasteiger partial charge in [0.25, 0.3) is 0 Å². The zero-order valence-electron chi connectivity index (χ0n) is 12.7. The third-order valence-corrected chi connectivity index (χ3v) is 5.16. The molecule has 1 aliphatic rings. The summed E-state index contributed by atoms with van der Waals surface area (Å²) in [5, 5.41) is 3.74. The van der Waals surface area contributed by atoms with Crippen molar-refractivity contribution < 1.29 is 4.79 Å². The molecule has 0 aliphatic heterocycles. The van der Waals surface area contributed by atoms with Gasteiger partial charge in [-0.05, 0) is 37.7 Å². The fourth-order valence-corrected chi connectivity index (χ4v) is 4.02. The number of nitrogen functional groups attached to an aromatic ring is 1. The Morgan fingerprint density at radius 3 is 3.00 bits per heavy atom. The minimum atomic E-state index is 0.0481. The summed E-state index contributed by atoms with van der Waals surface area (Å²) in [6.45, 7) is 2.02. The van der Waals surface area contributed by atoms with E-state index in [0.29, 0.717) is 17.5 Å². The van der Waals surface area contributed by atoms with E-state index in [1.807, 2.05) is 37.3 Å². The number of rotatable bonds is 4. The van der Waals surface area contributed by atoms with Crippen LogP contribution < -0.4 is 11.1 Å². The van der Waals surface area contributed by atoms with Crippen molar-refractivity contribution in [3.63, 3.8) is 0 Å². The van der Waals surface area contributed by atoms with Gasteiger partial charge in [0, 0.05) is 11.3 Å². The maximum Gasteiger partial charge on any atom is 0.220 e. The highest BCUT2D eigenvalue weighted by atomic mass is 32.1. The molecule has 1 aromatic carbocycles. The quantitative estimate of drug-likeness (QED) is 0.911. The number of hydrogen-bond donors (Lipinski definition) is 2. The Morgan fingerprint density at radius 2 is 2.23 bits per heavy atom. The lowest BCUT2D eigenvalue weighted by atomic mass is 9.88. The number of nitrogens with two attached hydrogens (primary N) is 1. The predicted molar refractivity (Wildman–Crippen MR) is 89.7 cm³/mol. The zero-order chi connectivity index (χ0) is 15.5. The summed E-state index contributed by atoms with van der Waals surface area (Å²) in [4.78, 5) is 17.9. The molecule has 0 saturated carbocycles. The third kappa shape index (κ3) is 3.47. The standard InChI is InChI=1S/C17H21N3OS/c1-11(13-5-3-2-4-6-13)19-16(21)10-12-7-8-14-15(9-12)22-17(18)20-14/h2-6,11-12H,7-10H2,1H3,(H2,18,20)(H,19,21)/t11-,12-/m0/s1. The molecule has 5 heteroatoms. The van der Waals surface area contributed by atoms with Crippen LogP contribution >= 0.6 is 11.3 Å². The number of fused-ring (bicyclic) bond motifs is 1. The second-order valence-corrected chi connectivity index (χ2v) is 7.05. The second kappa shape index (κ2) is 6.48. The number of hydrogen-bond acceptors (Lipinski definition) is 4. The third-order valence-electron chi connectivity index (χ3n) is 4.21. The minimum absolute atomic E-state index is 0.0481. The summed E-state index contributed by atoms with van der Waals surface area (Å²) >= 11 is 1.57. The van der Waals surface area contributed by atoms with Crippen molar-refractivity contribution in [2.24, 2.45) is 5.92 Å². The Morgan fingerprint density at radius 1 is 1.45 bits per heavy atom. The fraction of sp³-hybridized carbons (Fsp3) is 0.412. The first-order valence-electron chi connectivity index (χ1n) is 7.70. The van der Waals surface area contributed by atoms with E-state index < -0.39 is 0 Å². The number of benzene rings is 1. The van der Waals surface area contributed by atoms with Crippen molar-refractivity contribution in [2.75, 3.05) is 5.73 Å². The fourth-order valence-electron chi connectivity index (χ4n) is 3.03. The molecule has 2 atom stereocenters. The van der Waals surface area contributed by atoms with Gasteiger partial charge in [0.05, 0.1) is 11.7 Å². The number of thiazole rings is 1. The van der Waals surface area contributed by atoms with Crippen LogP contribution in [0.1, 0.15) is 41.9 Å². The second-order valence-electron chi connectivity index (χ2n) is 5.93. The number of aryl methyl sites for hydroxylation is 1. The molecule has 0 spiro atoms. The highest BCUT2D eigenvalue weighted by molar-refractivity contribution is 7.15. The summed E-state index contributed by atoms with van der Waals surface area (Å²) in [6, 6.07) is 10.1. The predicted octanol–water partition coefficient (Wildman–Crippen LogP) is 3.10. The average Bonchev–Trinajstić information content (AvgIpc) is 2.87. The molecule has 0 bridgehead atoms. The Labute approximate surface area is 134 Å². The first kappa shape index (κ1) is 15.0. The molecule has 1 aliphatic carbocycles. The van der Waals surface area contributed by atoms with Gasteiger partial charge < -0.3 is 11.1 Å². The van der Waals surface area contributed by atoms with Crippen LogP contribution in [0.25, 0.3) is 0 Å². The van der Waals surface area contributed by atoms with Gasteiger partial charge in [0.1, 0.15) is 0 Å². The average molecular weight is 315 g/mol. The topological polar surface area (TPSA) is 68.0 Å². The van der Waals surface area contributed by atoms with Gasteiger partial charge in [0.2, 0.25) is 5.91 Å². The summed E-state index contributed by atoms with van der Waals surface area (Å²) in [7, 11) is 0. The highest BCUT2D eigenvalue weighted by Crippen LogP contribution is 2.32. The molecule has 1 heterocycles. The monoisotopic (exact) mass is 315 g/mol. The lowest BCUT2D eigenvalue weighted by molar-refractivity contribution is -0.122. The van der Waals surface area contributed by atoms with Crippen molar-refractivity contribution in [1.82, 2.24) is 10.3 Å². The van der Waals surface area contributed by atoms with E-state index in [0.717, 1.165) is 30.5 Å². The Bertz CT molecular complexity index is 653. The smallest absolute Gasteiger partial charge is 0.220 e. The maximum absolute atomic E-state index is 12.3. The van der Waals surface area contributed by atoms with Crippen molar-refractivity contribution in [2.45, 2.75) is 38.6 Å². The first-order valence-corrected chi connectivity index (χ1v) is 8.52. The molecule has 0 fully saturated rings. The molecule has 3 rings (SSSR count). The zero-order valence-corrected chi connectivity index (χ0v) is 13.5. The molecule has 22 heavy (non-hydrogen) atoms. The van der Waals surface area contributed by atoms with Crippen LogP contribution in [0, 0.1) is 5.92 Å². The molecule has 0 unspecified atom stereocenters. The lowest BCUT2D eigenvalue weighted by Crippen LogP contribution is -2.29. The minimum Gasteiger partial charge on any atom is -0.375 e. The van der Waals surface area contributed by atoms with Crippen LogP contribution in [0.2, 0.25) is 0 Å². The van der Waals surface area contributed by atoms with E-state index in [-0.39, 0.29) is 11.9 Å². The molecule has 116 valence electrons. The van der Waals surface area contributed by atoms with E-state index >= 15 is 0 Å². The summed E-state index contributed by atoms with van der Waals surface area (Å²) < 4.78 is 0. The number of amides is 1. The number of nitrogens with zero attached hydrogens (tertiary/aromatic N) is 1. The molecular weight excluding hydrogens is 294 g/mol. The first-order chi connectivity index (χ1) is 10.6. The number of carbonyl (C=O) groups is 1. The van der Waals surface area contributed by atoms with Crippen molar-refractivity contribution in [3.8, 4) is 0 Å². The van der Waals surface area contributed by atoms with Crippen LogP contribution in [0.3, 0.4) is 0 Å². The van der Waals surface area contributed by atoms with E-state index in [4.69, 9.17) is 5.73 Å². The van der Waals surface area contributed by atoms with Gasteiger partial charge in [-0.1, -0.05) is 30.3 Å². The number of nitrogens with one attached hydrogen (secondary N) is 1. The molecule has 1 aromatic heterocycles. The molecular formula is C17H21N3OS. The van der Waals surface area contributed by atoms with E-state index in [1.165, 1.54) is 4.88 Å². The largest absolute Gasteiger partial charge is 0.375 e. The van der Waals surface area contributed by atoms with Crippen molar-refractivity contribution in [3.05, 3.63) is 46.5 Å². The van der Waals surface area contributed by atoms with Crippen LogP contribution in [0.4, 0.5) is 5.13 Å². The Kier molecular flexibility index (Phi) is 4.43. The van der Waals surface area contributed by atoms with Crippen LogP contribution in [-0.2, 0) is 17.6 Å².